The predicted octanol–water partition coefficient (Wildman–Crippen LogP) is 2.72. The minimum Gasteiger partial charge on any atom is -0.549 e. The summed E-state index contributed by atoms with van der Waals surface area (Å²) in [5.41, 5.74) is 1.80. The molecule has 1 amide bonds. The van der Waals surface area contributed by atoms with Gasteiger partial charge < -0.3 is 15.2 Å². The first-order chi connectivity index (χ1) is 11.1. The summed E-state index contributed by atoms with van der Waals surface area (Å²) >= 11 is 2.82. The SMILES string of the molecule is O=C([O-])CSc1c(NC(=O)c2ccccc2)sc2c1CCCC2. The molecule has 0 saturated heterocycles. The minimum atomic E-state index is -1.09. The molecule has 23 heavy (non-hydrogen) atoms. The van der Waals surface area contributed by atoms with Crippen LogP contribution >= 0.6 is 23.1 Å². The van der Waals surface area contributed by atoms with E-state index in [-0.39, 0.29) is 11.7 Å². The van der Waals surface area contributed by atoms with E-state index in [1.54, 1.807) is 23.5 Å². The fourth-order valence-electron chi connectivity index (χ4n) is 2.67. The Labute approximate surface area is 142 Å². The van der Waals surface area contributed by atoms with Crippen molar-refractivity contribution in [1.29, 1.82) is 0 Å². The quantitative estimate of drug-likeness (QED) is 0.845. The van der Waals surface area contributed by atoms with Gasteiger partial charge in [-0.05, 0) is 43.4 Å². The largest absolute Gasteiger partial charge is 0.549 e. The maximum atomic E-state index is 12.4. The normalized spacial score (nSPS) is 13.4. The molecule has 0 bridgehead atoms. The number of fused-ring (bicyclic) bond motifs is 1. The molecule has 6 heteroatoms. The van der Waals surface area contributed by atoms with Crippen LogP contribution in [0.3, 0.4) is 0 Å². The topological polar surface area (TPSA) is 69.2 Å². The van der Waals surface area contributed by atoms with Gasteiger partial charge in [0.05, 0.1) is 5.97 Å². The number of rotatable bonds is 5. The number of carbonyl (C=O) groups excluding carboxylic acids is 2. The molecule has 1 aliphatic rings. The van der Waals surface area contributed by atoms with Crippen LogP contribution in [0, 0.1) is 0 Å². The molecule has 4 nitrogen and oxygen atoms in total. The van der Waals surface area contributed by atoms with Crippen molar-refractivity contribution < 1.29 is 14.7 Å². The molecule has 1 aromatic heterocycles. The molecule has 0 fully saturated rings. The van der Waals surface area contributed by atoms with Crippen molar-refractivity contribution in [3.63, 3.8) is 0 Å². The van der Waals surface area contributed by atoms with Gasteiger partial charge in [-0.3, -0.25) is 4.79 Å². The number of nitrogens with one attached hydrogen (secondary N) is 1. The van der Waals surface area contributed by atoms with Gasteiger partial charge in [-0.15, -0.1) is 23.1 Å². The second-order valence-corrected chi connectivity index (χ2v) is 7.44. The van der Waals surface area contributed by atoms with E-state index in [1.165, 1.54) is 22.2 Å². The number of anilines is 1. The van der Waals surface area contributed by atoms with Gasteiger partial charge in [0.2, 0.25) is 0 Å². The van der Waals surface area contributed by atoms with Gasteiger partial charge in [-0.25, -0.2) is 0 Å². The lowest BCUT2D eigenvalue weighted by molar-refractivity contribution is -0.301. The molecule has 1 N–H and O–H groups in total. The third-order valence-corrected chi connectivity index (χ3v) is 6.18. The zero-order chi connectivity index (χ0) is 16.2. The molecular formula is C17H16NO3S2-. The fraction of sp³-hybridized carbons (Fsp3) is 0.294. The first-order valence-corrected chi connectivity index (χ1v) is 9.29. The zero-order valence-electron chi connectivity index (χ0n) is 12.5. The number of aliphatic carboxylic acids is 1. The predicted molar refractivity (Wildman–Crippen MR) is 91.1 cm³/mol. The van der Waals surface area contributed by atoms with Gasteiger partial charge in [0.15, 0.2) is 0 Å². The standard InChI is InChI=1S/C17H17NO3S2/c19-14(20)10-22-15-12-8-4-5-9-13(12)23-17(15)18-16(21)11-6-2-1-3-7-11/h1-3,6-7H,4-5,8-10H2,(H,18,21)(H,19,20)/p-1. The van der Waals surface area contributed by atoms with Crippen LogP contribution in [0.1, 0.15) is 33.6 Å². The highest BCUT2D eigenvalue weighted by Gasteiger charge is 2.22. The average molecular weight is 346 g/mol. The van der Waals surface area contributed by atoms with Crippen LogP contribution < -0.4 is 10.4 Å². The van der Waals surface area contributed by atoms with E-state index in [0.29, 0.717) is 5.56 Å². The molecule has 2 aromatic rings. The maximum absolute atomic E-state index is 12.4. The number of hydrogen-bond acceptors (Lipinski definition) is 5. The number of carboxylic acid groups (broad SMARTS) is 1. The van der Waals surface area contributed by atoms with Crippen LogP contribution in [-0.2, 0) is 17.6 Å². The summed E-state index contributed by atoms with van der Waals surface area (Å²) in [5.74, 6) is -1.36. The maximum Gasteiger partial charge on any atom is 0.256 e. The molecule has 0 atom stereocenters. The van der Waals surface area contributed by atoms with Crippen molar-refractivity contribution in [2.75, 3.05) is 11.1 Å². The van der Waals surface area contributed by atoms with E-state index in [0.717, 1.165) is 35.6 Å². The van der Waals surface area contributed by atoms with Crippen LogP contribution in [-0.4, -0.2) is 17.6 Å². The first kappa shape index (κ1) is 16.1. The third-order valence-electron chi connectivity index (χ3n) is 3.72. The number of carbonyl (C=O) groups is 2. The summed E-state index contributed by atoms with van der Waals surface area (Å²) in [6.07, 6.45) is 4.20. The van der Waals surface area contributed by atoms with Crippen LogP contribution in [0.2, 0.25) is 0 Å². The lowest BCUT2D eigenvalue weighted by Crippen LogP contribution is -2.24. The Hall–Kier alpha value is -1.79. The highest BCUT2D eigenvalue weighted by Crippen LogP contribution is 2.43. The van der Waals surface area contributed by atoms with E-state index < -0.39 is 5.97 Å². The number of carboxylic acids is 1. The van der Waals surface area contributed by atoms with Crippen LogP contribution in [0.5, 0.6) is 0 Å². The Morgan fingerprint density at radius 2 is 1.91 bits per heavy atom. The smallest absolute Gasteiger partial charge is 0.256 e. The van der Waals surface area contributed by atoms with Crippen molar-refractivity contribution in [2.45, 2.75) is 30.6 Å². The molecule has 0 saturated carbocycles. The van der Waals surface area contributed by atoms with Crippen LogP contribution in [0.25, 0.3) is 0 Å². The Morgan fingerprint density at radius 3 is 2.65 bits per heavy atom. The molecule has 3 rings (SSSR count). The number of hydrogen-bond donors (Lipinski definition) is 1. The lowest BCUT2D eigenvalue weighted by Gasteiger charge is -2.13. The summed E-state index contributed by atoms with van der Waals surface area (Å²) in [5, 5.41) is 14.5. The van der Waals surface area contributed by atoms with E-state index in [1.807, 2.05) is 18.2 Å². The molecule has 1 heterocycles. The van der Waals surface area contributed by atoms with Crippen molar-refractivity contribution in [3.8, 4) is 0 Å². The highest BCUT2D eigenvalue weighted by molar-refractivity contribution is 8.00. The summed E-state index contributed by atoms with van der Waals surface area (Å²) < 4.78 is 0. The average Bonchev–Trinajstić information content (AvgIpc) is 2.90. The first-order valence-electron chi connectivity index (χ1n) is 7.48. The van der Waals surface area contributed by atoms with E-state index in [9.17, 15) is 14.7 Å². The van der Waals surface area contributed by atoms with Crippen molar-refractivity contribution in [1.82, 2.24) is 0 Å². The number of amides is 1. The van der Waals surface area contributed by atoms with Crippen molar-refractivity contribution in [3.05, 3.63) is 46.3 Å². The Morgan fingerprint density at radius 1 is 1.17 bits per heavy atom. The Kier molecular flexibility index (Phi) is 5.03. The summed E-state index contributed by atoms with van der Waals surface area (Å²) in [4.78, 5) is 25.3. The summed E-state index contributed by atoms with van der Waals surface area (Å²) in [7, 11) is 0. The summed E-state index contributed by atoms with van der Waals surface area (Å²) in [6, 6.07) is 9.02. The van der Waals surface area contributed by atoms with E-state index in [4.69, 9.17) is 0 Å². The molecule has 0 spiro atoms. The van der Waals surface area contributed by atoms with Crippen LogP contribution in [0.4, 0.5) is 5.00 Å². The van der Waals surface area contributed by atoms with Gasteiger partial charge in [0, 0.05) is 21.1 Å². The molecule has 0 radical (unpaired) electrons. The third kappa shape index (κ3) is 3.76. The Bertz CT molecular complexity index is 725. The second-order valence-electron chi connectivity index (χ2n) is 5.35. The lowest BCUT2D eigenvalue weighted by atomic mass is 9.99. The molecular weight excluding hydrogens is 330 g/mol. The van der Waals surface area contributed by atoms with Gasteiger partial charge in [0.1, 0.15) is 5.00 Å². The van der Waals surface area contributed by atoms with Crippen molar-refractivity contribution in [2.24, 2.45) is 0 Å². The molecule has 0 unspecified atom stereocenters. The zero-order valence-corrected chi connectivity index (χ0v) is 14.1. The molecule has 1 aliphatic carbocycles. The van der Waals surface area contributed by atoms with E-state index in [2.05, 4.69) is 5.32 Å². The van der Waals surface area contributed by atoms with Crippen molar-refractivity contribution >= 4 is 40.0 Å². The van der Waals surface area contributed by atoms with Gasteiger partial charge in [-0.1, -0.05) is 18.2 Å². The number of aryl methyl sites for hydroxylation is 1. The number of thioether (sulfide) groups is 1. The highest BCUT2D eigenvalue weighted by atomic mass is 32.2. The number of thiophene rings is 1. The van der Waals surface area contributed by atoms with Gasteiger partial charge >= 0.3 is 0 Å². The fourth-order valence-corrected chi connectivity index (χ4v) is 5.06. The molecule has 120 valence electrons. The van der Waals surface area contributed by atoms with E-state index >= 15 is 0 Å². The van der Waals surface area contributed by atoms with Gasteiger partial charge in [0.25, 0.3) is 5.91 Å². The molecule has 1 aromatic carbocycles. The molecule has 0 aliphatic heterocycles. The van der Waals surface area contributed by atoms with Crippen LogP contribution in [0.15, 0.2) is 35.2 Å². The number of benzene rings is 1. The van der Waals surface area contributed by atoms with Gasteiger partial charge in [-0.2, -0.15) is 0 Å². The Balaban J connectivity index is 1.86. The monoisotopic (exact) mass is 346 g/mol. The summed E-state index contributed by atoms with van der Waals surface area (Å²) in [6.45, 7) is 0. The second kappa shape index (κ2) is 7.19. The minimum absolute atomic E-state index is 0.0998.